The summed E-state index contributed by atoms with van der Waals surface area (Å²) in [6.45, 7) is 6.24. The molecule has 0 aliphatic heterocycles. The van der Waals surface area contributed by atoms with Crippen molar-refractivity contribution < 1.29 is 14.3 Å². The number of hydrogen-bond acceptors (Lipinski definition) is 4. The van der Waals surface area contributed by atoms with Crippen molar-refractivity contribution in [2.24, 2.45) is 5.73 Å². The summed E-state index contributed by atoms with van der Waals surface area (Å²) in [6, 6.07) is 0. The van der Waals surface area contributed by atoms with Crippen LogP contribution < -0.4 is 16.4 Å². The smallest absolute Gasteiger partial charge is 0.408 e. The van der Waals surface area contributed by atoms with Crippen molar-refractivity contribution >= 4 is 12.0 Å². The Hall–Kier alpha value is -1.30. The Morgan fingerprint density at radius 2 is 1.88 bits per heavy atom. The van der Waals surface area contributed by atoms with E-state index in [0.29, 0.717) is 13.1 Å². The zero-order valence-electron chi connectivity index (χ0n) is 10.1. The van der Waals surface area contributed by atoms with Crippen LogP contribution in [0, 0.1) is 0 Å². The molecule has 0 atom stereocenters. The average molecular weight is 231 g/mol. The quantitative estimate of drug-likeness (QED) is 0.579. The van der Waals surface area contributed by atoms with Gasteiger partial charge in [-0.3, -0.25) is 4.79 Å². The summed E-state index contributed by atoms with van der Waals surface area (Å²) in [5, 5.41) is 4.97. The lowest BCUT2D eigenvalue weighted by molar-refractivity contribution is -0.120. The monoisotopic (exact) mass is 231 g/mol. The molecule has 0 aromatic carbocycles. The second-order valence-electron chi connectivity index (χ2n) is 4.35. The van der Waals surface area contributed by atoms with E-state index in [-0.39, 0.29) is 12.5 Å². The molecule has 0 aliphatic carbocycles. The number of carbonyl (C=O) groups is 2. The minimum absolute atomic E-state index is 0.0838. The molecule has 4 N–H and O–H groups in total. The molecule has 16 heavy (non-hydrogen) atoms. The lowest BCUT2D eigenvalue weighted by atomic mass is 10.2. The summed E-state index contributed by atoms with van der Waals surface area (Å²) in [5.41, 5.74) is 4.71. The molecule has 0 unspecified atom stereocenters. The highest BCUT2D eigenvalue weighted by Crippen LogP contribution is 2.05. The maximum Gasteiger partial charge on any atom is 0.408 e. The van der Waals surface area contributed by atoms with Gasteiger partial charge in [-0.2, -0.15) is 0 Å². The van der Waals surface area contributed by atoms with Gasteiger partial charge in [0, 0.05) is 6.54 Å². The van der Waals surface area contributed by atoms with E-state index in [1.165, 1.54) is 0 Å². The van der Waals surface area contributed by atoms with Crippen LogP contribution in [0.1, 0.15) is 27.2 Å². The molecule has 0 aliphatic rings. The van der Waals surface area contributed by atoms with Crippen LogP contribution in [0.5, 0.6) is 0 Å². The molecule has 2 amide bonds. The van der Waals surface area contributed by atoms with Gasteiger partial charge in [0.15, 0.2) is 0 Å². The zero-order chi connectivity index (χ0) is 12.6. The SMILES string of the molecule is CC(C)(C)OC(=O)NCC(=O)NCCCN. The van der Waals surface area contributed by atoms with Crippen LogP contribution in [0.15, 0.2) is 0 Å². The zero-order valence-corrected chi connectivity index (χ0v) is 10.1. The first-order chi connectivity index (χ1) is 7.35. The summed E-state index contributed by atoms with van der Waals surface area (Å²) < 4.78 is 4.96. The molecule has 0 heterocycles. The summed E-state index contributed by atoms with van der Waals surface area (Å²) in [6.07, 6.45) is 0.125. The number of hydrogen-bond donors (Lipinski definition) is 3. The van der Waals surface area contributed by atoms with Crippen molar-refractivity contribution in [2.45, 2.75) is 32.8 Å². The minimum Gasteiger partial charge on any atom is -0.444 e. The highest BCUT2D eigenvalue weighted by molar-refractivity contribution is 5.82. The van der Waals surface area contributed by atoms with Gasteiger partial charge in [-0.1, -0.05) is 0 Å². The molecule has 0 rings (SSSR count). The van der Waals surface area contributed by atoms with Gasteiger partial charge in [-0.25, -0.2) is 4.79 Å². The Morgan fingerprint density at radius 1 is 1.25 bits per heavy atom. The number of carbonyl (C=O) groups excluding carboxylic acids is 2. The normalized spacial score (nSPS) is 10.8. The van der Waals surface area contributed by atoms with Gasteiger partial charge < -0.3 is 21.1 Å². The second kappa shape index (κ2) is 7.05. The topological polar surface area (TPSA) is 93.4 Å². The van der Waals surface area contributed by atoms with E-state index in [4.69, 9.17) is 10.5 Å². The van der Waals surface area contributed by atoms with Crippen LogP contribution in [0.3, 0.4) is 0 Å². The standard InChI is InChI=1S/C10H21N3O3/c1-10(2,3)16-9(15)13-7-8(14)12-6-4-5-11/h4-7,11H2,1-3H3,(H,12,14)(H,13,15). The molecule has 0 saturated carbocycles. The first-order valence-corrected chi connectivity index (χ1v) is 5.29. The number of amides is 2. The van der Waals surface area contributed by atoms with Gasteiger partial charge in [0.05, 0.1) is 6.54 Å². The molecule has 0 radical (unpaired) electrons. The number of rotatable bonds is 5. The van der Waals surface area contributed by atoms with E-state index in [9.17, 15) is 9.59 Å². The van der Waals surface area contributed by atoms with E-state index in [1.807, 2.05) is 0 Å². The van der Waals surface area contributed by atoms with E-state index >= 15 is 0 Å². The third kappa shape index (κ3) is 9.26. The maximum atomic E-state index is 11.2. The molecule has 0 aromatic rings. The lowest BCUT2D eigenvalue weighted by Crippen LogP contribution is -2.40. The lowest BCUT2D eigenvalue weighted by Gasteiger charge is -2.19. The van der Waals surface area contributed by atoms with Crippen molar-refractivity contribution in [2.75, 3.05) is 19.6 Å². The molecule has 6 nitrogen and oxygen atoms in total. The molecule has 94 valence electrons. The fraction of sp³-hybridized carbons (Fsp3) is 0.800. The van der Waals surface area contributed by atoms with Gasteiger partial charge >= 0.3 is 6.09 Å². The maximum absolute atomic E-state index is 11.2. The summed E-state index contributed by atoms with van der Waals surface area (Å²) in [5.74, 6) is -0.251. The Morgan fingerprint density at radius 3 is 2.38 bits per heavy atom. The highest BCUT2D eigenvalue weighted by Gasteiger charge is 2.16. The van der Waals surface area contributed by atoms with Crippen molar-refractivity contribution in [3.05, 3.63) is 0 Å². The third-order valence-corrected chi connectivity index (χ3v) is 1.50. The Kier molecular flexibility index (Phi) is 6.48. The molecular weight excluding hydrogens is 210 g/mol. The van der Waals surface area contributed by atoms with Gasteiger partial charge in [0.1, 0.15) is 5.60 Å². The van der Waals surface area contributed by atoms with Crippen LogP contribution >= 0.6 is 0 Å². The van der Waals surface area contributed by atoms with Crippen molar-refractivity contribution in [3.63, 3.8) is 0 Å². The van der Waals surface area contributed by atoms with E-state index in [0.717, 1.165) is 6.42 Å². The Balaban J connectivity index is 3.63. The van der Waals surface area contributed by atoms with Crippen LogP contribution in [0.4, 0.5) is 4.79 Å². The molecule has 0 fully saturated rings. The highest BCUT2D eigenvalue weighted by atomic mass is 16.6. The van der Waals surface area contributed by atoms with Gasteiger partial charge in [0.25, 0.3) is 0 Å². The second-order valence-corrected chi connectivity index (χ2v) is 4.35. The number of nitrogens with one attached hydrogen (secondary N) is 2. The predicted molar refractivity (Wildman–Crippen MR) is 60.9 cm³/mol. The van der Waals surface area contributed by atoms with Gasteiger partial charge in [0.2, 0.25) is 5.91 Å². The number of alkyl carbamates (subject to hydrolysis) is 1. The molecule has 0 spiro atoms. The molecular formula is C10H21N3O3. The minimum atomic E-state index is -0.596. The average Bonchev–Trinajstić information content (AvgIpc) is 2.12. The fourth-order valence-corrected chi connectivity index (χ4v) is 0.859. The number of ether oxygens (including phenoxy) is 1. The van der Waals surface area contributed by atoms with Crippen LogP contribution in [0.25, 0.3) is 0 Å². The van der Waals surface area contributed by atoms with Gasteiger partial charge in [-0.15, -0.1) is 0 Å². The molecule has 0 aromatic heterocycles. The van der Waals surface area contributed by atoms with Crippen molar-refractivity contribution in [1.29, 1.82) is 0 Å². The molecule has 0 saturated heterocycles. The Labute approximate surface area is 95.9 Å². The predicted octanol–water partition coefficient (Wildman–Crippen LogP) is -0.0239. The summed E-state index contributed by atoms with van der Waals surface area (Å²) >= 11 is 0. The van der Waals surface area contributed by atoms with Crippen molar-refractivity contribution in [1.82, 2.24) is 10.6 Å². The summed E-state index contributed by atoms with van der Waals surface area (Å²) in [7, 11) is 0. The first kappa shape index (κ1) is 14.7. The molecule has 6 heteroatoms. The van der Waals surface area contributed by atoms with Crippen LogP contribution in [-0.4, -0.2) is 37.2 Å². The van der Waals surface area contributed by atoms with Gasteiger partial charge in [-0.05, 0) is 33.7 Å². The third-order valence-electron chi connectivity index (χ3n) is 1.50. The largest absolute Gasteiger partial charge is 0.444 e. The van der Waals surface area contributed by atoms with Crippen LogP contribution in [-0.2, 0) is 9.53 Å². The summed E-state index contributed by atoms with van der Waals surface area (Å²) in [4.78, 5) is 22.3. The van der Waals surface area contributed by atoms with E-state index in [2.05, 4.69) is 10.6 Å². The molecule has 0 bridgehead atoms. The van der Waals surface area contributed by atoms with Crippen molar-refractivity contribution in [3.8, 4) is 0 Å². The fourth-order valence-electron chi connectivity index (χ4n) is 0.859. The van der Waals surface area contributed by atoms with E-state index in [1.54, 1.807) is 20.8 Å². The van der Waals surface area contributed by atoms with E-state index < -0.39 is 11.7 Å². The number of nitrogens with two attached hydrogens (primary N) is 1. The van der Waals surface area contributed by atoms with Crippen LogP contribution in [0.2, 0.25) is 0 Å². The first-order valence-electron chi connectivity index (χ1n) is 5.29. The Bertz CT molecular complexity index is 236.